The summed E-state index contributed by atoms with van der Waals surface area (Å²) in [5, 5.41) is 0. The van der Waals surface area contributed by atoms with Crippen LogP contribution in [0.4, 0.5) is 8.78 Å². The van der Waals surface area contributed by atoms with Crippen molar-refractivity contribution in [3.8, 4) is 5.75 Å². The molecule has 1 atom stereocenters. The Morgan fingerprint density at radius 2 is 1.79 bits per heavy atom. The highest BCUT2D eigenvalue weighted by Crippen LogP contribution is 2.51. The molecule has 1 N–H and O–H groups in total. The third-order valence-electron chi connectivity index (χ3n) is 4.43. The Labute approximate surface area is 191 Å². The van der Waals surface area contributed by atoms with Gasteiger partial charge in [-0.2, -0.15) is 20.5 Å². The summed E-state index contributed by atoms with van der Waals surface area (Å²) in [7, 11) is -5.02. The summed E-state index contributed by atoms with van der Waals surface area (Å²) >= 11 is 8.65. The first-order valence-electron chi connectivity index (χ1n) is 9.15. The lowest BCUT2D eigenvalue weighted by molar-refractivity contribution is 0.188. The van der Waals surface area contributed by atoms with Crippen LogP contribution in [0, 0.1) is 0 Å². The molecule has 0 aliphatic rings. The van der Waals surface area contributed by atoms with E-state index in [1.165, 1.54) is 5.56 Å². The molecule has 160 valence electrons. The van der Waals surface area contributed by atoms with E-state index < -0.39 is 13.8 Å². The van der Waals surface area contributed by atoms with Gasteiger partial charge in [0.1, 0.15) is 5.75 Å². The van der Waals surface area contributed by atoms with E-state index in [-0.39, 0.29) is 5.75 Å². The van der Waals surface area contributed by atoms with Crippen LogP contribution in [-0.2, 0) is 29.6 Å². The summed E-state index contributed by atoms with van der Waals surface area (Å²) in [5.74, 6) is 1.80. The first-order chi connectivity index (χ1) is 13.7. The summed E-state index contributed by atoms with van der Waals surface area (Å²) in [6, 6.07) is 9.82. The van der Waals surface area contributed by atoms with Crippen molar-refractivity contribution in [2.24, 2.45) is 0 Å². The van der Waals surface area contributed by atoms with Gasteiger partial charge in [0.15, 0.2) is 0 Å². The highest BCUT2D eigenvalue weighted by atomic mass is 79.9. The number of hydrogen-bond acceptors (Lipinski definition) is 3. The lowest BCUT2D eigenvalue weighted by atomic mass is 9.95. The molecule has 0 spiro atoms. The average Bonchev–Trinajstić information content (AvgIpc) is 2.68. The van der Waals surface area contributed by atoms with E-state index in [0.29, 0.717) is 17.3 Å². The normalized spacial score (nSPS) is 13.5. The highest BCUT2D eigenvalue weighted by molar-refractivity contribution is 9.10. The number of halogens is 4. The molecule has 0 radical (unpaired) electrons. The second-order valence-corrected chi connectivity index (χ2v) is 10.9. The minimum absolute atomic E-state index is 0.00361. The summed E-state index contributed by atoms with van der Waals surface area (Å²) in [5.41, 5.74) is 4.26. The molecule has 1 unspecified atom stereocenters. The summed E-state index contributed by atoms with van der Waals surface area (Å²) in [4.78, 5) is 9.42. The Morgan fingerprint density at radius 3 is 2.34 bits per heavy atom. The summed E-state index contributed by atoms with van der Waals surface area (Å²) in [6.07, 6.45) is -1.30. The molecular weight excluding hydrogens is 549 g/mol. The van der Waals surface area contributed by atoms with Crippen molar-refractivity contribution in [2.45, 2.75) is 45.0 Å². The van der Waals surface area contributed by atoms with Crippen molar-refractivity contribution in [2.75, 3.05) is 5.75 Å². The number of alkyl halides is 2. The van der Waals surface area contributed by atoms with Gasteiger partial charge in [-0.25, -0.2) is 4.57 Å². The maximum absolute atomic E-state index is 12.8. The monoisotopic (exact) mass is 570 g/mol. The number of benzene rings is 2. The highest BCUT2D eigenvalue weighted by Gasteiger charge is 2.35. The molecule has 0 aliphatic carbocycles. The number of hydrogen-bond donors (Lipinski definition) is 1. The van der Waals surface area contributed by atoms with Crippen LogP contribution in [0.3, 0.4) is 0 Å². The first-order valence-corrected chi connectivity index (χ1v) is 13.5. The minimum Gasteiger partial charge on any atom is -0.420 e. The van der Waals surface area contributed by atoms with E-state index in [1.807, 2.05) is 37.7 Å². The van der Waals surface area contributed by atoms with Gasteiger partial charge in [-0.1, -0.05) is 41.9 Å². The Morgan fingerprint density at radius 1 is 1.14 bits per heavy atom. The van der Waals surface area contributed by atoms with Crippen molar-refractivity contribution >= 4 is 51.2 Å². The SMILES string of the molecule is CCc1cc(OP(=O)(O)C(F)F)c(Br)c(CC)c1CCSCc1ccc(Br)cc1. The zero-order chi connectivity index (χ0) is 21.6. The molecule has 3 nitrogen and oxygen atoms in total. The number of aryl methyl sites for hydroxylation is 1. The lowest BCUT2D eigenvalue weighted by Gasteiger charge is -2.20. The van der Waals surface area contributed by atoms with Gasteiger partial charge in [-0.15, -0.1) is 0 Å². The van der Waals surface area contributed by atoms with Gasteiger partial charge in [-0.3, -0.25) is 0 Å². The Balaban J connectivity index is 2.17. The zero-order valence-corrected chi connectivity index (χ0v) is 21.0. The van der Waals surface area contributed by atoms with E-state index in [9.17, 15) is 18.2 Å². The molecule has 0 heterocycles. The number of thioether (sulfide) groups is 1. The third-order valence-corrected chi connectivity index (χ3v) is 7.81. The van der Waals surface area contributed by atoms with E-state index in [0.717, 1.165) is 39.1 Å². The molecule has 0 saturated heterocycles. The van der Waals surface area contributed by atoms with Gasteiger partial charge in [-0.05, 0) is 81.4 Å². The maximum Gasteiger partial charge on any atom is 0.442 e. The van der Waals surface area contributed by atoms with Crippen LogP contribution in [0.2, 0.25) is 0 Å². The smallest absolute Gasteiger partial charge is 0.420 e. The second-order valence-electron chi connectivity index (χ2n) is 6.37. The molecule has 0 aliphatic heterocycles. The third kappa shape index (κ3) is 6.79. The van der Waals surface area contributed by atoms with E-state index >= 15 is 0 Å². The van der Waals surface area contributed by atoms with Crippen molar-refractivity contribution in [1.29, 1.82) is 0 Å². The van der Waals surface area contributed by atoms with Crippen LogP contribution in [0.15, 0.2) is 39.3 Å². The summed E-state index contributed by atoms with van der Waals surface area (Å²) < 4.78 is 43.6. The Hall–Kier alpha value is -0.400. The standard InChI is InChI=1S/C20H23Br2F2O3PS/c1-3-14-11-18(27-28(25,26)20(23)24)19(22)16(4-2)17(14)9-10-29-12-13-5-7-15(21)8-6-13/h5-8,11,20H,3-4,9-10,12H2,1-2H3,(H,25,26). The average molecular weight is 572 g/mol. The van der Waals surface area contributed by atoms with Crippen LogP contribution >= 0.6 is 51.2 Å². The van der Waals surface area contributed by atoms with Crippen LogP contribution in [0.5, 0.6) is 5.75 Å². The maximum atomic E-state index is 12.8. The van der Waals surface area contributed by atoms with Crippen molar-refractivity contribution in [3.05, 3.63) is 61.5 Å². The van der Waals surface area contributed by atoms with Gasteiger partial charge < -0.3 is 9.42 Å². The summed E-state index contributed by atoms with van der Waals surface area (Å²) in [6.45, 7) is 3.93. The van der Waals surface area contributed by atoms with E-state index in [1.54, 1.807) is 6.07 Å². The second kappa shape index (κ2) is 11.3. The quantitative estimate of drug-likeness (QED) is 0.235. The fraction of sp³-hybridized carbons (Fsp3) is 0.400. The molecule has 0 fully saturated rings. The molecule has 0 amide bonds. The Bertz CT molecular complexity index is 879. The van der Waals surface area contributed by atoms with Crippen LogP contribution in [-0.4, -0.2) is 16.8 Å². The van der Waals surface area contributed by atoms with Gasteiger partial charge in [0.2, 0.25) is 0 Å². The molecule has 0 aromatic heterocycles. The van der Waals surface area contributed by atoms with Crippen LogP contribution in [0.25, 0.3) is 0 Å². The molecule has 0 bridgehead atoms. The molecule has 2 aromatic rings. The van der Waals surface area contributed by atoms with Gasteiger partial charge in [0.05, 0.1) is 4.47 Å². The fourth-order valence-electron chi connectivity index (χ4n) is 2.97. The van der Waals surface area contributed by atoms with Crippen molar-refractivity contribution in [3.63, 3.8) is 0 Å². The first kappa shape index (κ1) is 24.9. The topological polar surface area (TPSA) is 46.5 Å². The van der Waals surface area contributed by atoms with Crippen molar-refractivity contribution < 1.29 is 22.8 Å². The Kier molecular flexibility index (Phi) is 9.68. The predicted octanol–water partition coefficient (Wildman–Crippen LogP) is 7.60. The van der Waals surface area contributed by atoms with Gasteiger partial charge >= 0.3 is 13.8 Å². The minimum atomic E-state index is -5.02. The molecule has 0 saturated carbocycles. The molecule has 2 rings (SSSR count). The molecule has 2 aromatic carbocycles. The molecule has 29 heavy (non-hydrogen) atoms. The fourth-order valence-corrected chi connectivity index (χ4v) is 5.50. The van der Waals surface area contributed by atoms with Gasteiger partial charge in [0, 0.05) is 10.2 Å². The predicted molar refractivity (Wildman–Crippen MR) is 123 cm³/mol. The van der Waals surface area contributed by atoms with Crippen LogP contribution in [0.1, 0.15) is 36.1 Å². The van der Waals surface area contributed by atoms with E-state index in [2.05, 4.69) is 44.0 Å². The molecule has 9 heteroatoms. The molecular formula is C20H23Br2F2O3PS. The lowest BCUT2D eigenvalue weighted by Crippen LogP contribution is -2.07. The van der Waals surface area contributed by atoms with E-state index in [4.69, 9.17) is 4.52 Å². The zero-order valence-electron chi connectivity index (χ0n) is 16.1. The largest absolute Gasteiger partial charge is 0.442 e. The van der Waals surface area contributed by atoms with Crippen molar-refractivity contribution in [1.82, 2.24) is 0 Å². The van der Waals surface area contributed by atoms with Gasteiger partial charge in [0.25, 0.3) is 0 Å². The number of rotatable bonds is 10. The van der Waals surface area contributed by atoms with Crippen LogP contribution < -0.4 is 4.52 Å².